The summed E-state index contributed by atoms with van der Waals surface area (Å²) in [6, 6.07) is 1.83. The lowest BCUT2D eigenvalue weighted by Gasteiger charge is -2.36. The molecule has 1 aliphatic heterocycles. The van der Waals surface area contributed by atoms with Gasteiger partial charge in [-0.05, 0) is 27.7 Å². The van der Waals surface area contributed by atoms with Crippen LogP contribution in [0.3, 0.4) is 0 Å². The fourth-order valence-corrected chi connectivity index (χ4v) is 3.60. The van der Waals surface area contributed by atoms with Gasteiger partial charge in [-0.15, -0.1) is 0 Å². The van der Waals surface area contributed by atoms with Crippen LogP contribution in [0.2, 0.25) is 0 Å². The molecule has 1 fully saturated rings. The molecule has 0 unspecified atom stereocenters. The first-order valence-corrected chi connectivity index (χ1v) is 10.4. The summed E-state index contributed by atoms with van der Waals surface area (Å²) >= 11 is 1.19. The van der Waals surface area contributed by atoms with E-state index in [0.717, 1.165) is 5.82 Å². The highest BCUT2D eigenvalue weighted by molar-refractivity contribution is 7.17. The van der Waals surface area contributed by atoms with E-state index in [1.807, 2.05) is 33.8 Å². The Hall–Kier alpha value is -2.95. The van der Waals surface area contributed by atoms with Crippen LogP contribution in [-0.2, 0) is 9.47 Å². The average molecular weight is 435 g/mol. The number of thiazole rings is 1. The van der Waals surface area contributed by atoms with Crippen molar-refractivity contribution in [3.8, 4) is 0 Å². The Labute approximate surface area is 179 Å². The third kappa shape index (κ3) is 5.56. The molecule has 11 heteroatoms. The van der Waals surface area contributed by atoms with Gasteiger partial charge in [-0.3, -0.25) is 0 Å². The van der Waals surface area contributed by atoms with Crippen LogP contribution in [0.4, 0.5) is 21.6 Å². The summed E-state index contributed by atoms with van der Waals surface area (Å²) in [7, 11) is 1.33. The number of methoxy groups -OCH3 is 1. The molecule has 2 aromatic heterocycles. The van der Waals surface area contributed by atoms with E-state index < -0.39 is 11.6 Å². The maximum atomic E-state index is 12.3. The number of nitrogens with one attached hydrogen (secondary N) is 1. The van der Waals surface area contributed by atoms with Crippen LogP contribution in [0, 0.1) is 6.92 Å². The summed E-state index contributed by atoms with van der Waals surface area (Å²) in [5.74, 6) is 1.52. The Bertz CT molecular complexity index is 918. The van der Waals surface area contributed by atoms with E-state index in [4.69, 9.17) is 9.47 Å². The van der Waals surface area contributed by atoms with Crippen LogP contribution < -0.4 is 10.2 Å². The van der Waals surface area contributed by atoms with E-state index in [9.17, 15) is 9.59 Å². The maximum Gasteiger partial charge on any atom is 0.410 e. The Morgan fingerprint density at radius 2 is 1.87 bits per heavy atom. The van der Waals surface area contributed by atoms with E-state index in [2.05, 4.69) is 25.2 Å². The lowest BCUT2D eigenvalue weighted by atomic mass is 10.2. The monoisotopic (exact) mass is 434 g/mol. The molecule has 0 saturated carbocycles. The van der Waals surface area contributed by atoms with Crippen molar-refractivity contribution in [2.24, 2.45) is 0 Å². The molecule has 10 nitrogen and oxygen atoms in total. The fraction of sp³-hybridized carbons (Fsp3) is 0.526. The number of amides is 1. The number of carbonyl (C=O) groups excluding carboxylic acids is 2. The molecule has 3 heterocycles. The zero-order valence-electron chi connectivity index (χ0n) is 17.8. The van der Waals surface area contributed by atoms with Gasteiger partial charge in [0, 0.05) is 32.2 Å². The number of hydrogen-bond donors (Lipinski definition) is 1. The first-order chi connectivity index (χ1) is 14.1. The van der Waals surface area contributed by atoms with Crippen LogP contribution in [-0.4, -0.2) is 70.8 Å². The van der Waals surface area contributed by atoms with Gasteiger partial charge < -0.3 is 24.6 Å². The second-order valence-electron chi connectivity index (χ2n) is 7.76. The zero-order chi connectivity index (χ0) is 21.9. The maximum absolute atomic E-state index is 12.3. The molecule has 0 aliphatic carbocycles. The predicted octanol–water partition coefficient (Wildman–Crippen LogP) is 2.83. The molecular weight excluding hydrogens is 408 g/mol. The van der Waals surface area contributed by atoms with Gasteiger partial charge in [0.25, 0.3) is 0 Å². The number of aryl methyl sites for hydroxylation is 1. The van der Waals surface area contributed by atoms with E-state index in [0.29, 0.717) is 47.8 Å². The number of esters is 1. The number of anilines is 3. The molecule has 0 spiro atoms. The first-order valence-electron chi connectivity index (χ1n) is 9.54. The van der Waals surface area contributed by atoms with Crippen LogP contribution in [0.1, 0.15) is 36.3 Å². The molecule has 1 amide bonds. The van der Waals surface area contributed by atoms with Gasteiger partial charge >= 0.3 is 12.1 Å². The second-order valence-corrected chi connectivity index (χ2v) is 8.79. The molecular formula is C19H26N6O4S. The molecule has 0 aromatic carbocycles. The lowest BCUT2D eigenvalue weighted by molar-refractivity contribution is 0.0240. The number of hydrogen-bond acceptors (Lipinski definition) is 10. The Morgan fingerprint density at radius 1 is 1.17 bits per heavy atom. The second kappa shape index (κ2) is 8.82. The number of aromatic nitrogens is 3. The number of piperazine rings is 1. The van der Waals surface area contributed by atoms with Gasteiger partial charge in [0.15, 0.2) is 5.13 Å². The van der Waals surface area contributed by atoms with E-state index >= 15 is 0 Å². The minimum atomic E-state index is -0.512. The fourth-order valence-electron chi connectivity index (χ4n) is 2.86. The van der Waals surface area contributed by atoms with Crippen LogP contribution in [0.5, 0.6) is 0 Å². The first kappa shape index (κ1) is 21.8. The Balaban J connectivity index is 1.65. The summed E-state index contributed by atoms with van der Waals surface area (Å²) in [6.45, 7) is 9.76. The average Bonchev–Trinajstić information content (AvgIpc) is 3.14. The van der Waals surface area contributed by atoms with Crippen molar-refractivity contribution in [3.63, 3.8) is 0 Å². The van der Waals surface area contributed by atoms with Crippen molar-refractivity contribution in [2.45, 2.75) is 33.3 Å². The smallest absolute Gasteiger partial charge is 0.410 e. The highest BCUT2D eigenvalue weighted by Gasteiger charge is 2.26. The molecule has 1 aliphatic rings. The summed E-state index contributed by atoms with van der Waals surface area (Å²) in [4.78, 5) is 41.2. The van der Waals surface area contributed by atoms with Crippen molar-refractivity contribution < 1.29 is 19.1 Å². The normalized spacial score (nSPS) is 14.4. The van der Waals surface area contributed by atoms with Crippen molar-refractivity contribution in [2.75, 3.05) is 43.5 Å². The third-order valence-electron chi connectivity index (χ3n) is 4.21. The quantitative estimate of drug-likeness (QED) is 0.726. The zero-order valence-corrected chi connectivity index (χ0v) is 18.6. The summed E-state index contributed by atoms with van der Waals surface area (Å²) in [5, 5.41) is 3.65. The predicted molar refractivity (Wildman–Crippen MR) is 114 cm³/mol. The molecule has 2 aromatic rings. The lowest BCUT2D eigenvalue weighted by Crippen LogP contribution is -2.50. The number of rotatable bonds is 4. The van der Waals surface area contributed by atoms with Crippen molar-refractivity contribution in [1.82, 2.24) is 19.9 Å². The van der Waals surface area contributed by atoms with Gasteiger partial charge in [-0.1, -0.05) is 11.3 Å². The van der Waals surface area contributed by atoms with Gasteiger partial charge in [-0.25, -0.2) is 24.5 Å². The molecule has 0 radical (unpaired) electrons. The molecule has 0 atom stereocenters. The summed E-state index contributed by atoms with van der Waals surface area (Å²) in [6.07, 6.45) is 1.16. The van der Waals surface area contributed by atoms with E-state index in [1.165, 1.54) is 24.6 Å². The Morgan fingerprint density at radius 3 is 2.50 bits per heavy atom. The highest BCUT2D eigenvalue weighted by atomic mass is 32.1. The molecule has 0 bridgehead atoms. The van der Waals surface area contributed by atoms with Gasteiger partial charge in [0.2, 0.25) is 0 Å². The minimum absolute atomic E-state index is 0.298. The van der Waals surface area contributed by atoms with Gasteiger partial charge in [0.1, 0.15) is 27.9 Å². The third-order valence-corrected chi connectivity index (χ3v) is 5.10. The van der Waals surface area contributed by atoms with Crippen LogP contribution >= 0.6 is 11.3 Å². The van der Waals surface area contributed by atoms with Gasteiger partial charge in [-0.2, -0.15) is 0 Å². The van der Waals surface area contributed by atoms with Crippen molar-refractivity contribution in [3.05, 3.63) is 23.0 Å². The summed E-state index contributed by atoms with van der Waals surface area (Å²) < 4.78 is 10.1. The molecule has 3 rings (SSSR count). The highest BCUT2D eigenvalue weighted by Crippen LogP contribution is 2.25. The topological polar surface area (TPSA) is 110 Å². The molecule has 1 saturated heterocycles. The van der Waals surface area contributed by atoms with E-state index in [1.54, 1.807) is 4.90 Å². The largest absolute Gasteiger partial charge is 0.465 e. The Kier molecular flexibility index (Phi) is 6.40. The van der Waals surface area contributed by atoms with Crippen molar-refractivity contribution in [1.29, 1.82) is 0 Å². The van der Waals surface area contributed by atoms with Crippen LogP contribution in [0.25, 0.3) is 0 Å². The molecule has 30 heavy (non-hydrogen) atoms. The van der Waals surface area contributed by atoms with E-state index in [-0.39, 0.29) is 6.09 Å². The number of nitrogens with zero attached hydrogens (tertiary/aromatic N) is 5. The standard InChI is InChI=1S/C19H26N6O4S/c1-12-21-14(23-17-20-11-13(30-17)16(26)28-5)10-15(22-12)24-6-8-25(9-7-24)18(27)29-19(2,3)4/h10-11H,6-9H2,1-5H3,(H,20,21,22,23). The number of ether oxygens (including phenoxy) is 2. The minimum Gasteiger partial charge on any atom is -0.465 e. The van der Waals surface area contributed by atoms with Crippen molar-refractivity contribution >= 4 is 40.2 Å². The van der Waals surface area contributed by atoms with Gasteiger partial charge in [0.05, 0.1) is 13.3 Å². The van der Waals surface area contributed by atoms with Crippen LogP contribution in [0.15, 0.2) is 12.3 Å². The molecule has 162 valence electrons. The number of carbonyl (C=O) groups is 2. The summed E-state index contributed by atoms with van der Waals surface area (Å²) in [5.41, 5.74) is -0.512. The SMILES string of the molecule is COC(=O)c1cnc(Nc2cc(N3CCN(C(=O)OC(C)(C)C)CC3)nc(C)n2)s1. The molecule has 1 N–H and O–H groups in total.